The minimum atomic E-state index is -2.90. The Kier molecular flexibility index (Phi) is 5.00. The van der Waals surface area contributed by atoms with Gasteiger partial charge in [-0.15, -0.1) is 0 Å². The van der Waals surface area contributed by atoms with Gasteiger partial charge in [0.1, 0.15) is 0 Å². The third kappa shape index (κ3) is 4.82. The van der Waals surface area contributed by atoms with Gasteiger partial charge in [0.05, 0.1) is 11.5 Å². The number of nitrogens with one attached hydrogen (secondary N) is 2. The highest BCUT2D eigenvalue weighted by Gasteiger charge is 2.25. The van der Waals surface area contributed by atoms with Gasteiger partial charge in [-0.2, -0.15) is 0 Å². The largest absolute Gasteiger partial charge is 0.326 e. The van der Waals surface area contributed by atoms with E-state index in [-0.39, 0.29) is 23.7 Å². The molecule has 1 saturated heterocycles. The molecule has 1 aliphatic rings. The second kappa shape index (κ2) is 6.58. The molecule has 116 valence electrons. The fourth-order valence-electron chi connectivity index (χ4n) is 2.69. The maximum atomic E-state index is 11.7. The van der Waals surface area contributed by atoms with Crippen LogP contribution < -0.4 is 10.6 Å². The first-order valence-electron chi connectivity index (χ1n) is 7.20. The number of sulfone groups is 1. The molecule has 2 N–H and O–H groups in total. The predicted molar refractivity (Wildman–Crippen MR) is 84.0 cm³/mol. The first kappa shape index (κ1) is 16.0. The highest BCUT2D eigenvalue weighted by Crippen LogP contribution is 2.20. The molecule has 0 aromatic heterocycles. The standard InChI is InChI=1S/C15H22N2O3S/c1-11(16-15-7-4-8-21(19,20)10-15)13-5-3-6-14(9-13)17-12(2)18/h3,5-6,9,11,15-16H,4,7-8,10H2,1-2H3,(H,17,18). The Bertz CT molecular complexity index is 613. The van der Waals surface area contributed by atoms with Crippen molar-refractivity contribution in [3.05, 3.63) is 29.8 Å². The van der Waals surface area contributed by atoms with E-state index in [1.165, 1.54) is 6.92 Å². The SMILES string of the molecule is CC(=O)Nc1cccc(C(C)NC2CCCS(=O)(=O)C2)c1. The van der Waals surface area contributed by atoms with Crippen molar-refractivity contribution in [1.82, 2.24) is 5.32 Å². The number of carbonyl (C=O) groups is 1. The van der Waals surface area contributed by atoms with Crippen LogP contribution in [0.5, 0.6) is 0 Å². The van der Waals surface area contributed by atoms with Gasteiger partial charge in [-0.25, -0.2) is 8.42 Å². The van der Waals surface area contributed by atoms with E-state index in [1.807, 2.05) is 31.2 Å². The number of anilines is 1. The second-order valence-electron chi connectivity index (χ2n) is 5.65. The Morgan fingerprint density at radius 3 is 2.81 bits per heavy atom. The van der Waals surface area contributed by atoms with Gasteiger partial charge >= 0.3 is 0 Å². The molecule has 2 unspecified atom stereocenters. The van der Waals surface area contributed by atoms with Crippen molar-refractivity contribution in [2.45, 2.75) is 38.8 Å². The van der Waals surface area contributed by atoms with Crippen molar-refractivity contribution in [1.29, 1.82) is 0 Å². The van der Waals surface area contributed by atoms with Crippen molar-refractivity contribution in [3.63, 3.8) is 0 Å². The van der Waals surface area contributed by atoms with E-state index < -0.39 is 9.84 Å². The molecule has 5 nitrogen and oxygen atoms in total. The molecule has 2 rings (SSSR count). The number of hydrogen-bond donors (Lipinski definition) is 2. The molecule has 1 aromatic rings. The summed E-state index contributed by atoms with van der Waals surface area (Å²) in [6, 6.07) is 7.65. The lowest BCUT2D eigenvalue weighted by atomic mass is 10.1. The molecule has 1 fully saturated rings. The molecule has 1 aromatic carbocycles. The monoisotopic (exact) mass is 310 g/mol. The maximum absolute atomic E-state index is 11.7. The highest BCUT2D eigenvalue weighted by molar-refractivity contribution is 7.91. The van der Waals surface area contributed by atoms with Gasteiger partial charge in [-0.3, -0.25) is 4.79 Å². The summed E-state index contributed by atoms with van der Waals surface area (Å²) in [7, 11) is -2.90. The molecule has 0 aliphatic carbocycles. The first-order valence-corrected chi connectivity index (χ1v) is 9.02. The van der Waals surface area contributed by atoms with Gasteiger partial charge in [-0.1, -0.05) is 12.1 Å². The first-order chi connectivity index (χ1) is 9.85. The molecule has 0 spiro atoms. The Balaban J connectivity index is 2.02. The molecule has 1 heterocycles. The summed E-state index contributed by atoms with van der Waals surface area (Å²) < 4.78 is 23.3. The van der Waals surface area contributed by atoms with E-state index in [4.69, 9.17) is 0 Å². The van der Waals surface area contributed by atoms with Crippen LogP contribution in [0.15, 0.2) is 24.3 Å². The van der Waals surface area contributed by atoms with E-state index in [0.29, 0.717) is 5.75 Å². The molecule has 6 heteroatoms. The number of hydrogen-bond acceptors (Lipinski definition) is 4. The Morgan fingerprint density at radius 1 is 1.38 bits per heavy atom. The predicted octanol–water partition coefficient (Wildman–Crippen LogP) is 1.87. The quantitative estimate of drug-likeness (QED) is 0.890. The van der Waals surface area contributed by atoms with Crippen molar-refractivity contribution < 1.29 is 13.2 Å². The zero-order chi connectivity index (χ0) is 15.5. The third-order valence-corrected chi connectivity index (χ3v) is 5.48. The maximum Gasteiger partial charge on any atom is 0.221 e. The minimum absolute atomic E-state index is 0.00294. The molecule has 1 aliphatic heterocycles. The smallest absolute Gasteiger partial charge is 0.221 e. The van der Waals surface area contributed by atoms with Gasteiger partial charge in [0.25, 0.3) is 0 Å². The van der Waals surface area contributed by atoms with E-state index in [1.54, 1.807) is 0 Å². The fraction of sp³-hybridized carbons (Fsp3) is 0.533. The summed E-state index contributed by atoms with van der Waals surface area (Å²) in [4.78, 5) is 11.1. The molecule has 1 amide bonds. The van der Waals surface area contributed by atoms with Gasteiger partial charge in [0.15, 0.2) is 9.84 Å². The van der Waals surface area contributed by atoms with E-state index in [0.717, 1.165) is 24.1 Å². The molecule has 0 radical (unpaired) electrons. The average Bonchev–Trinajstić information content (AvgIpc) is 2.37. The Hall–Kier alpha value is -1.40. The van der Waals surface area contributed by atoms with E-state index in [9.17, 15) is 13.2 Å². The van der Waals surface area contributed by atoms with Crippen LogP contribution in [0.3, 0.4) is 0 Å². The van der Waals surface area contributed by atoms with Crippen molar-refractivity contribution in [2.24, 2.45) is 0 Å². The second-order valence-corrected chi connectivity index (χ2v) is 7.88. The normalized spacial score (nSPS) is 22.5. The van der Waals surface area contributed by atoms with Crippen molar-refractivity contribution in [3.8, 4) is 0 Å². The van der Waals surface area contributed by atoms with Crippen LogP contribution in [-0.4, -0.2) is 31.9 Å². The van der Waals surface area contributed by atoms with Crippen LogP contribution >= 0.6 is 0 Å². The van der Waals surface area contributed by atoms with Crippen LogP contribution in [0.2, 0.25) is 0 Å². The molecular formula is C15H22N2O3S. The lowest BCUT2D eigenvalue weighted by molar-refractivity contribution is -0.114. The van der Waals surface area contributed by atoms with Crippen LogP contribution in [0.25, 0.3) is 0 Å². The average molecular weight is 310 g/mol. The lowest BCUT2D eigenvalue weighted by Crippen LogP contribution is -2.41. The van der Waals surface area contributed by atoms with Crippen molar-refractivity contribution in [2.75, 3.05) is 16.8 Å². The number of amides is 1. The van der Waals surface area contributed by atoms with E-state index in [2.05, 4.69) is 10.6 Å². The molecule has 21 heavy (non-hydrogen) atoms. The van der Waals surface area contributed by atoms with Gasteiger partial charge in [-0.05, 0) is 37.5 Å². The summed E-state index contributed by atoms with van der Waals surface area (Å²) in [5.74, 6) is 0.409. The van der Waals surface area contributed by atoms with Crippen LogP contribution in [0.1, 0.15) is 38.3 Å². The molecular weight excluding hydrogens is 288 g/mol. The fourth-order valence-corrected chi connectivity index (χ4v) is 4.34. The molecule has 0 bridgehead atoms. The topological polar surface area (TPSA) is 75.3 Å². The zero-order valence-electron chi connectivity index (χ0n) is 12.4. The van der Waals surface area contributed by atoms with Gasteiger partial charge < -0.3 is 10.6 Å². The van der Waals surface area contributed by atoms with E-state index >= 15 is 0 Å². The highest BCUT2D eigenvalue weighted by atomic mass is 32.2. The lowest BCUT2D eigenvalue weighted by Gasteiger charge is -2.27. The summed E-state index contributed by atoms with van der Waals surface area (Å²) in [6.45, 7) is 3.48. The van der Waals surface area contributed by atoms with Gasteiger partial charge in [0.2, 0.25) is 5.91 Å². The summed E-state index contributed by atoms with van der Waals surface area (Å²) in [5, 5.41) is 6.13. The number of rotatable bonds is 4. The zero-order valence-corrected chi connectivity index (χ0v) is 13.2. The molecule has 0 saturated carbocycles. The van der Waals surface area contributed by atoms with Crippen molar-refractivity contribution >= 4 is 21.4 Å². The van der Waals surface area contributed by atoms with Gasteiger partial charge in [0, 0.05) is 24.7 Å². The van der Waals surface area contributed by atoms with Crippen LogP contribution in [0.4, 0.5) is 5.69 Å². The minimum Gasteiger partial charge on any atom is -0.326 e. The van der Waals surface area contributed by atoms with Crippen LogP contribution in [-0.2, 0) is 14.6 Å². The third-order valence-electron chi connectivity index (χ3n) is 3.66. The summed E-state index contributed by atoms with van der Waals surface area (Å²) in [6.07, 6.45) is 1.60. The Morgan fingerprint density at radius 2 is 2.14 bits per heavy atom. The molecule has 2 atom stereocenters. The summed E-state index contributed by atoms with van der Waals surface area (Å²) >= 11 is 0. The summed E-state index contributed by atoms with van der Waals surface area (Å²) in [5.41, 5.74) is 1.79. The number of benzene rings is 1. The van der Waals surface area contributed by atoms with Crippen LogP contribution in [0, 0.1) is 0 Å². The number of carbonyl (C=O) groups excluding carboxylic acids is 1. The Labute approximate surface area is 126 Å².